The maximum Gasteiger partial charge on any atom is 0.225 e. The number of rotatable bonds is 3. The Morgan fingerprint density at radius 2 is 2.17 bits per heavy atom. The van der Waals surface area contributed by atoms with E-state index in [9.17, 15) is 9.59 Å². The van der Waals surface area contributed by atoms with Gasteiger partial charge in [-0.1, -0.05) is 20.3 Å². The lowest BCUT2D eigenvalue weighted by Gasteiger charge is -2.26. The lowest BCUT2D eigenvalue weighted by Crippen LogP contribution is -2.46. The number of nitrogens with one attached hydrogen (secondary N) is 2. The summed E-state index contributed by atoms with van der Waals surface area (Å²) in [5, 5.41) is 5.96. The van der Waals surface area contributed by atoms with Crippen molar-refractivity contribution in [1.29, 1.82) is 0 Å². The van der Waals surface area contributed by atoms with E-state index in [0.717, 1.165) is 12.3 Å². The normalized spacial score (nSPS) is 36.2. The van der Waals surface area contributed by atoms with Crippen molar-refractivity contribution in [3.05, 3.63) is 0 Å². The molecule has 4 unspecified atom stereocenters. The molecule has 1 aliphatic heterocycles. The van der Waals surface area contributed by atoms with Gasteiger partial charge in [0.05, 0.1) is 5.92 Å². The Kier molecular flexibility index (Phi) is 4.25. The zero-order valence-corrected chi connectivity index (χ0v) is 11.4. The van der Waals surface area contributed by atoms with Crippen LogP contribution in [-0.2, 0) is 9.59 Å². The van der Waals surface area contributed by atoms with E-state index in [-0.39, 0.29) is 17.7 Å². The lowest BCUT2D eigenvalue weighted by molar-refractivity contribution is -0.129. The van der Waals surface area contributed by atoms with E-state index in [1.165, 1.54) is 12.8 Å². The Hall–Kier alpha value is -1.06. The van der Waals surface area contributed by atoms with Gasteiger partial charge in [0.25, 0.3) is 0 Å². The number of hydrogen-bond donors (Lipinski definition) is 2. The maximum absolute atomic E-state index is 12.1. The van der Waals surface area contributed by atoms with Gasteiger partial charge in [-0.3, -0.25) is 9.59 Å². The van der Waals surface area contributed by atoms with Gasteiger partial charge in [0.1, 0.15) is 0 Å². The summed E-state index contributed by atoms with van der Waals surface area (Å²) in [6.07, 6.45) is 4.70. The van der Waals surface area contributed by atoms with Crippen LogP contribution in [0.3, 0.4) is 0 Å². The SMILES string of the molecule is CCC1CCC(NC(=O)C2CCC(=O)NC2)C1C. The fraction of sp³-hybridized carbons (Fsp3) is 0.857. The Morgan fingerprint density at radius 3 is 2.72 bits per heavy atom. The molecule has 1 saturated carbocycles. The molecule has 4 heteroatoms. The molecule has 4 atom stereocenters. The van der Waals surface area contributed by atoms with Gasteiger partial charge in [-0.25, -0.2) is 0 Å². The molecular weight excluding hydrogens is 228 g/mol. The van der Waals surface area contributed by atoms with Crippen LogP contribution in [0.4, 0.5) is 0 Å². The highest BCUT2D eigenvalue weighted by molar-refractivity contribution is 5.83. The van der Waals surface area contributed by atoms with Crippen LogP contribution < -0.4 is 10.6 Å². The zero-order valence-electron chi connectivity index (χ0n) is 11.4. The first-order chi connectivity index (χ1) is 8.61. The van der Waals surface area contributed by atoms with Crippen molar-refractivity contribution >= 4 is 11.8 Å². The third-order valence-electron chi connectivity index (χ3n) is 4.72. The molecule has 102 valence electrons. The Bertz CT molecular complexity index is 320. The Morgan fingerprint density at radius 1 is 1.39 bits per heavy atom. The minimum atomic E-state index is -0.0319. The van der Waals surface area contributed by atoms with Crippen molar-refractivity contribution in [1.82, 2.24) is 10.6 Å². The Labute approximate surface area is 109 Å². The van der Waals surface area contributed by atoms with E-state index in [0.29, 0.717) is 31.3 Å². The first kappa shape index (κ1) is 13.4. The second kappa shape index (κ2) is 5.72. The molecule has 0 spiro atoms. The molecule has 18 heavy (non-hydrogen) atoms. The van der Waals surface area contributed by atoms with Gasteiger partial charge < -0.3 is 10.6 Å². The first-order valence-corrected chi connectivity index (χ1v) is 7.19. The first-order valence-electron chi connectivity index (χ1n) is 7.19. The highest BCUT2D eigenvalue weighted by Gasteiger charge is 2.34. The van der Waals surface area contributed by atoms with Crippen LogP contribution in [-0.4, -0.2) is 24.4 Å². The molecule has 4 nitrogen and oxygen atoms in total. The van der Waals surface area contributed by atoms with Crippen molar-refractivity contribution in [2.75, 3.05) is 6.54 Å². The molecule has 2 aliphatic rings. The summed E-state index contributed by atoms with van der Waals surface area (Å²) in [6, 6.07) is 0.333. The van der Waals surface area contributed by atoms with Crippen LogP contribution in [0, 0.1) is 17.8 Å². The van der Waals surface area contributed by atoms with Crippen LogP contribution in [0.2, 0.25) is 0 Å². The van der Waals surface area contributed by atoms with Crippen LogP contribution in [0.1, 0.15) is 46.0 Å². The summed E-state index contributed by atoms with van der Waals surface area (Å²) in [6.45, 7) is 4.97. The van der Waals surface area contributed by atoms with Gasteiger partial charge in [-0.05, 0) is 31.1 Å². The molecule has 0 aromatic rings. The molecule has 0 aromatic heterocycles. The van der Waals surface area contributed by atoms with Crippen LogP contribution in [0.25, 0.3) is 0 Å². The third kappa shape index (κ3) is 2.85. The standard InChI is InChI=1S/C14H24N2O2/c1-3-10-4-6-12(9(10)2)16-14(18)11-5-7-13(17)15-8-11/h9-12H,3-8H2,1-2H3,(H,15,17)(H,16,18). The molecule has 0 radical (unpaired) electrons. The Balaban J connectivity index is 1.83. The molecular formula is C14H24N2O2. The number of piperidine rings is 1. The largest absolute Gasteiger partial charge is 0.355 e. The molecule has 1 aliphatic carbocycles. The van der Waals surface area contributed by atoms with Gasteiger partial charge in [-0.2, -0.15) is 0 Å². The van der Waals surface area contributed by atoms with Crippen molar-refractivity contribution < 1.29 is 9.59 Å². The van der Waals surface area contributed by atoms with Crippen molar-refractivity contribution in [3.8, 4) is 0 Å². The summed E-state index contributed by atoms with van der Waals surface area (Å²) < 4.78 is 0. The molecule has 2 rings (SSSR count). The van der Waals surface area contributed by atoms with Gasteiger partial charge in [0, 0.05) is 19.0 Å². The molecule has 2 N–H and O–H groups in total. The fourth-order valence-electron chi connectivity index (χ4n) is 3.28. The van der Waals surface area contributed by atoms with Crippen molar-refractivity contribution in [3.63, 3.8) is 0 Å². The predicted molar refractivity (Wildman–Crippen MR) is 69.8 cm³/mol. The minimum Gasteiger partial charge on any atom is -0.355 e. The van der Waals surface area contributed by atoms with E-state index in [4.69, 9.17) is 0 Å². The summed E-state index contributed by atoms with van der Waals surface area (Å²) in [7, 11) is 0. The van der Waals surface area contributed by atoms with E-state index in [2.05, 4.69) is 24.5 Å². The molecule has 2 amide bonds. The summed E-state index contributed by atoms with van der Waals surface area (Å²) in [5.41, 5.74) is 0. The van der Waals surface area contributed by atoms with Crippen LogP contribution in [0.15, 0.2) is 0 Å². The second-order valence-electron chi connectivity index (χ2n) is 5.76. The predicted octanol–water partition coefficient (Wildman–Crippen LogP) is 1.45. The van der Waals surface area contributed by atoms with Crippen LogP contribution in [0.5, 0.6) is 0 Å². The van der Waals surface area contributed by atoms with Crippen LogP contribution >= 0.6 is 0 Å². The lowest BCUT2D eigenvalue weighted by atomic mass is 9.92. The average Bonchev–Trinajstić information content (AvgIpc) is 2.71. The zero-order chi connectivity index (χ0) is 13.1. The molecule has 0 aromatic carbocycles. The third-order valence-corrected chi connectivity index (χ3v) is 4.72. The van der Waals surface area contributed by atoms with E-state index in [1.807, 2.05) is 0 Å². The molecule has 1 saturated heterocycles. The quantitative estimate of drug-likeness (QED) is 0.799. The van der Waals surface area contributed by atoms with Gasteiger partial charge in [0.15, 0.2) is 0 Å². The molecule has 1 heterocycles. The molecule has 0 bridgehead atoms. The number of amides is 2. The fourth-order valence-corrected chi connectivity index (χ4v) is 3.28. The number of carbonyl (C=O) groups is 2. The van der Waals surface area contributed by atoms with E-state index < -0.39 is 0 Å². The highest BCUT2D eigenvalue weighted by atomic mass is 16.2. The van der Waals surface area contributed by atoms with E-state index in [1.54, 1.807) is 0 Å². The molecule has 2 fully saturated rings. The smallest absolute Gasteiger partial charge is 0.225 e. The number of hydrogen-bond acceptors (Lipinski definition) is 2. The van der Waals surface area contributed by atoms with E-state index >= 15 is 0 Å². The van der Waals surface area contributed by atoms with Crippen molar-refractivity contribution in [2.24, 2.45) is 17.8 Å². The average molecular weight is 252 g/mol. The highest BCUT2D eigenvalue weighted by Crippen LogP contribution is 2.34. The summed E-state index contributed by atoms with van der Waals surface area (Å²) >= 11 is 0. The summed E-state index contributed by atoms with van der Waals surface area (Å²) in [4.78, 5) is 23.2. The maximum atomic E-state index is 12.1. The van der Waals surface area contributed by atoms with Crippen molar-refractivity contribution in [2.45, 2.75) is 52.0 Å². The monoisotopic (exact) mass is 252 g/mol. The van der Waals surface area contributed by atoms with Gasteiger partial charge >= 0.3 is 0 Å². The van der Waals surface area contributed by atoms with Gasteiger partial charge in [-0.15, -0.1) is 0 Å². The topological polar surface area (TPSA) is 58.2 Å². The second-order valence-corrected chi connectivity index (χ2v) is 5.76. The minimum absolute atomic E-state index is 0.0319. The summed E-state index contributed by atoms with van der Waals surface area (Å²) in [5.74, 6) is 1.50. The number of carbonyl (C=O) groups excluding carboxylic acids is 2. The van der Waals surface area contributed by atoms with Gasteiger partial charge in [0.2, 0.25) is 11.8 Å².